The smallest absolute Gasteiger partial charge is 0.124 e. The number of hydrogen-bond acceptors (Lipinski definition) is 2. The van der Waals surface area contributed by atoms with Crippen molar-refractivity contribution in [3.8, 4) is 5.75 Å². The lowest BCUT2D eigenvalue weighted by atomic mass is 9.95. The Labute approximate surface area is 72.5 Å². The Hall–Kier alpha value is -1.02. The van der Waals surface area contributed by atoms with Crippen LogP contribution < -0.4 is 0 Å². The first-order chi connectivity index (χ1) is 5.43. The van der Waals surface area contributed by atoms with E-state index in [1.54, 1.807) is 19.9 Å². The molecule has 12 heavy (non-hydrogen) atoms. The van der Waals surface area contributed by atoms with Gasteiger partial charge in [0.15, 0.2) is 0 Å². The van der Waals surface area contributed by atoms with Gasteiger partial charge in [0, 0.05) is 5.56 Å². The molecule has 0 fully saturated rings. The maximum absolute atomic E-state index is 9.63. The molecule has 1 rings (SSSR count). The molecule has 2 N–H and O–H groups in total. The van der Waals surface area contributed by atoms with Crippen molar-refractivity contribution >= 4 is 0 Å². The van der Waals surface area contributed by atoms with Crippen molar-refractivity contribution in [2.75, 3.05) is 0 Å². The van der Waals surface area contributed by atoms with E-state index in [0.29, 0.717) is 5.56 Å². The molecule has 2 heteroatoms. The molecule has 0 saturated carbocycles. The molecule has 0 aliphatic rings. The zero-order valence-electron chi connectivity index (χ0n) is 7.63. The highest BCUT2D eigenvalue weighted by Gasteiger charge is 2.20. The van der Waals surface area contributed by atoms with Crippen molar-refractivity contribution in [2.24, 2.45) is 0 Å². The van der Waals surface area contributed by atoms with Gasteiger partial charge in [-0.25, -0.2) is 0 Å². The molecule has 0 amide bonds. The zero-order chi connectivity index (χ0) is 9.35. The summed E-state index contributed by atoms with van der Waals surface area (Å²) in [7, 11) is 0. The summed E-state index contributed by atoms with van der Waals surface area (Å²) in [6.45, 7) is 5.12. The number of para-hydroxylation sites is 1. The Kier molecular flexibility index (Phi) is 2.11. The van der Waals surface area contributed by atoms with Crippen LogP contribution in [0.25, 0.3) is 0 Å². The molecule has 2 nitrogen and oxygen atoms in total. The number of aryl methyl sites for hydroxylation is 1. The van der Waals surface area contributed by atoms with Crippen molar-refractivity contribution < 1.29 is 10.2 Å². The fourth-order valence-electron chi connectivity index (χ4n) is 1.15. The summed E-state index contributed by atoms with van der Waals surface area (Å²) in [4.78, 5) is 0. The lowest BCUT2D eigenvalue weighted by molar-refractivity contribution is 0.0757. The van der Waals surface area contributed by atoms with Gasteiger partial charge in [0.1, 0.15) is 5.75 Å². The van der Waals surface area contributed by atoms with E-state index in [2.05, 4.69) is 0 Å². The van der Waals surface area contributed by atoms with E-state index in [9.17, 15) is 10.2 Å². The Morgan fingerprint density at radius 2 is 1.83 bits per heavy atom. The molecule has 1 aromatic rings. The van der Waals surface area contributed by atoms with Gasteiger partial charge in [-0.1, -0.05) is 18.2 Å². The molecule has 0 heterocycles. The minimum absolute atomic E-state index is 0.185. The monoisotopic (exact) mass is 166 g/mol. The molecule has 0 aromatic heterocycles. The summed E-state index contributed by atoms with van der Waals surface area (Å²) >= 11 is 0. The third-order valence-electron chi connectivity index (χ3n) is 1.90. The topological polar surface area (TPSA) is 40.5 Å². The SMILES string of the molecule is Cc1cccc(C(C)(C)O)c1O. The highest BCUT2D eigenvalue weighted by atomic mass is 16.3. The highest BCUT2D eigenvalue weighted by Crippen LogP contribution is 2.30. The van der Waals surface area contributed by atoms with Crippen LogP contribution in [0.15, 0.2) is 18.2 Å². The molecule has 0 bridgehead atoms. The van der Waals surface area contributed by atoms with Crippen LogP contribution >= 0.6 is 0 Å². The van der Waals surface area contributed by atoms with E-state index in [4.69, 9.17) is 0 Å². The molecule has 0 radical (unpaired) electrons. The second-order valence-electron chi connectivity index (χ2n) is 3.53. The van der Waals surface area contributed by atoms with Crippen molar-refractivity contribution in [2.45, 2.75) is 26.4 Å². The minimum atomic E-state index is -0.976. The molecule has 0 spiro atoms. The maximum Gasteiger partial charge on any atom is 0.124 e. The second-order valence-corrected chi connectivity index (χ2v) is 3.53. The van der Waals surface area contributed by atoms with Crippen molar-refractivity contribution in [3.05, 3.63) is 29.3 Å². The first-order valence-electron chi connectivity index (χ1n) is 3.94. The minimum Gasteiger partial charge on any atom is -0.507 e. The lowest BCUT2D eigenvalue weighted by Crippen LogP contribution is -2.15. The van der Waals surface area contributed by atoms with E-state index in [-0.39, 0.29) is 5.75 Å². The van der Waals surface area contributed by atoms with Gasteiger partial charge in [-0.2, -0.15) is 0 Å². The normalized spacial score (nSPS) is 11.7. The van der Waals surface area contributed by atoms with Gasteiger partial charge in [0.05, 0.1) is 5.60 Å². The van der Waals surface area contributed by atoms with Gasteiger partial charge < -0.3 is 10.2 Å². The maximum atomic E-state index is 9.63. The predicted molar refractivity (Wildman–Crippen MR) is 48.1 cm³/mol. The van der Waals surface area contributed by atoms with Crippen LogP contribution in [0, 0.1) is 6.92 Å². The summed E-state index contributed by atoms with van der Waals surface area (Å²) in [6.07, 6.45) is 0. The molecule has 66 valence electrons. The third-order valence-corrected chi connectivity index (χ3v) is 1.90. The number of rotatable bonds is 1. The third kappa shape index (κ3) is 1.59. The number of phenolic OH excluding ortho intramolecular Hbond substituents is 1. The Morgan fingerprint density at radius 1 is 1.25 bits per heavy atom. The number of aliphatic hydroxyl groups is 1. The van der Waals surface area contributed by atoms with Crippen LogP contribution in [0.4, 0.5) is 0 Å². The van der Waals surface area contributed by atoms with E-state index in [1.807, 2.05) is 19.1 Å². The van der Waals surface area contributed by atoms with Crippen LogP contribution in [0.5, 0.6) is 5.75 Å². The summed E-state index contributed by atoms with van der Waals surface area (Å²) in [5.41, 5.74) is 0.382. The van der Waals surface area contributed by atoms with Crippen LogP contribution in [0.3, 0.4) is 0 Å². The Balaban J connectivity index is 3.26. The summed E-state index contributed by atoms with van der Waals surface area (Å²) in [5.74, 6) is 0.185. The molecular formula is C10H14O2. The average Bonchev–Trinajstić information content (AvgIpc) is 1.92. The van der Waals surface area contributed by atoms with Gasteiger partial charge in [-0.05, 0) is 26.3 Å². The first-order valence-corrected chi connectivity index (χ1v) is 3.94. The summed E-state index contributed by atoms with van der Waals surface area (Å²) in [5, 5.41) is 19.2. The molecule has 0 unspecified atom stereocenters. The van der Waals surface area contributed by atoms with Gasteiger partial charge in [-0.3, -0.25) is 0 Å². The predicted octanol–water partition coefficient (Wildman–Crippen LogP) is 1.93. The molecule has 1 aromatic carbocycles. The molecule has 0 saturated heterocycles. The Bertz CT molecular complexity index is 284. The Morgan fingerprint density at radius 3 is 2.25 bits per heavy atom. The van der Waals surface area contributed by atoms with E-state index in [0.717, 1.165) is 5.56 Å². The molecule has 0 atom stereocenters. The fourth-order valence-corrected chi connectivity index (χ4v) is 1.15. The first kappa shape index (κ1) is 9.07. The zero-order valence-corrected chi connectivity index (χ0v) is 7.63. The average molecular weight is 166 g/mol. The fraction of sp³-hybridized carbons (Fsp3) is 0.400. The van der Waals surface area contributed by atoms with Crippen molar-refractivity contribution in [1.29, 1.82) is 0 Å². The van der Waals surface area contributed by atoms with Crippen LogP contribution in [0.1, 0.15) is 25.0 Å². The van der Waals surface area contributed by atoms with Crippen LogP contribution in [0.2, 0.25) is 0 Å². The van der Waals surface area contributed by atoms with Crippen LogP contribution in [-0.2, 0) is 5.60 Å². The lowest BCUT2D eigenvalue weighted by Gasteiger charge is -2.19. The number of benzene rings is 1. The van der Waals surface area contributed by atoms with Crippen LogP contribution in [-0.4, -0.2) is 10.2 Å². The quantitative estimate of drug-likeness (QED) is 0.669. The molecular weight excluding hydrogens is 152 g/mol. The van der Waals surface area contributed by atoms with E-state index >= 15 is 0 Å². The largest absolute Gasteiger partial charge is 0.507 e. The van der Waals surface area contributed by atoms with E-state index in [1.165, 1.54) is 0 Å². The van der Waals surface area contributed by atoms with Crippen molar-refractivity contribution in [3.63, 3.8) is 0 Å². The number of phenols is 1. The van der Waals surface area contributed by atoms with Gasteiger partial charge in [0.25, 0.3) is 0 Å². The second kappa shape index (κ2) is 2.79. The van der Waals surface area contributed by atoms with Crippen molar-refractivity contribution in [1.82, 2.24) is 0 Å². The molecule has 0 aliphatic carbocycles. The number of aromatic hydroxyl groups is 1. The highest BCUT2D eigenvalue weighted by molar-refractivity contribution is 5.42. The van der Waals surface area contributed by atoms with E-state index < -0.39 is 5.60 Å². The summed E-state index contributed by atoms with van der Waals surface area (Å²) < 4.78 is 0. The molecule has 0 aliphatic heterocycles. The standard InChI is InChI=1S/C10H14O2/c1-7-5-4-6-8(9(7)11)10(2,3)12/h4-6,11-12H,1-3H3. The summed E-state index contributed by atoms with van der Waals surface area (Å²) in [6, 6.07) is 5.36. The van der Waals surface area contributed by atoms with Gasteiger partial charge >= 0.3 is 0 Å². The van der Waals surface area contributed by atoms with Gasteiger partial charge in [0.2, 0.25) is 0 Å². The number of hydrogen-bond donors (Lipinski definition) is 2. The van der Waals surface area contributed by atoms with Gasteiger partial charge in [-0.15, -0.1) is 0 Å².